The van der Waals surface area contributed by atoms with Crippen molar-refractivity contribution in [1.82, 2.24) is 10.1 Å². The van der Waals surface area contributed by atoms with E-state index in [0.29, 0.717) is 11.9 Å². The number of hydrogen-bond donors (Lipinski definition) is 1. The van der Waals surface area contributed by atoms with Crippen molar-refractivity contribution in [3.05, 3.63) is 18.5 Å². The Morgan fingerprint density at radius 3 is 3.00 bits per heavy atom. The van der Waals surface area contributed by atoms with Gasteiger partial charge in [0.1, 0.15) is 0 Å². The summed E-state index contributed by atoms with van der Waals surface area (Å²) in [4.78, 5) is 4.21. The molecule has 0 fully saturated rings. The molecule has 1 aromatic heterocycles. The van der Waals surface area contributed by atoms with Crippen LogP contribution >= 0.6 is 11.8 Å². The van der Waals surface area contributed by atoms with Gasteiger partial charge in [-0.3, -0.25) is 0 Å². The van der Waals surface area contributed by atoms with Crippen LogP contribution in [0.1, 0.15) is 25.6 Å². The number of nitrogens with zero attached hydrogens (tertiary/aromatic N) is 2. The number of anilines is 1. The number of rotatable bonds is 7. The van der Waals surface area contributed by atoms with Crippen molar-refractivity contribution in [3.63, 3.8) is 0 Å². The van der Waals surface area contributed by atoms with Crippen LogP contribution in [0.4, 0.5) is 6.01 Å². The molecule has 0 aromatic carbocycles. The highest BCUT2D eigenvalue weighted by molar-refractivity contribution is 7.99. The molecular formula is C10H17N3OS. The largest absolute Gasteiger partial charge is 0.337 e. The summed E-state index contributed by atoms with van der Waals surface area (Å²) in [6.07, 6.45) is 1.90. The predicted molar refractivity (Wildman–Crippen MR) is 64.4 cm³/mol. The van der Waals surface area contributed by atoms with Gasteiger partial charge in [0, 0.05) is 24.0 Å². The summed E-state index contributed by atoms with van der Waals surface area (Å²) in [7, 11) is 0. The lowest BCUT2D eigenvalue weighted by atomic mass is 10.2. The second-order valence-electron chi connectivity index (χ2n) is 3.40. The standard InChI is InChI=1S/C10H17N3OS/c1-4-6-15-7-5-11-10-12-9(8(2)3)13-14-10/h4,8H,1,5-7H2,2-3H3,(H,11,12,13). The van der Waals surface area contributed by atoms with Gasteiger partial charge >= 0.3 is 6.01 Å². The zero-order valence-electron chi connectivity index (χ0n) is 9.19. The van der Waals surface area contributed by atoms with Gasteiger partial charge in [-0.15, -0.1) is 6.58 Å². The van der Waals surface area contributed by atoms with E-state index in [1.165, 1.54) is 0 Å². The number of thioether (sulfide) groups is 1. The number of aromatic nitrogens is 2. The van der Waals surface area contributed by atoms with Crippen LogP contribution in [0.2, 0.25) is 0 Å². The molecule has 15 heavy (non-hydrogen) atoms. The minimum Gasteiger partial charge on any atom is -0.337 e. The molecule has 0 spiro atoms. The molecule has 1 N–H and O–H groups in total. The lowest BCUT2D eigenvalue weighted by Crippen LogP contribution is -2.04. The molecule has 0 aliphatic carbocycles. The van der Waals surface area contributed by atoms with E-state index < -0.39 is 0 Å². The van der Waals surface area contributed by atoms with E-state index in [1.807, 2.05) is 31.7 Å². The van der Waals surface area contributed by atoms with Gasteiger partial charge < -0.3 is 9.84 Å². The Morgan fingerprint density at radius 1 is 1.60 bits per heavy atom. The van der Waals surface area contributed by atoms with Crippen molar-refractivity contribution in [2.24, 2.45) is 0 Å². The lowest BCUT2D eigenvalue weighted by Gasteiger charge is -1.98. The van der Waals surface area contributed by atoms with E-state index in [2.05, 4.69) is 22.0 Å². The average molecular weight is 227 g/mol. The molecule has 0 radical (unpaired) electrons. The molecule has 0 saturated carbocycles. The third-order valence-corrected chi connectivity index (χ3v) is 2.68. The molecule has 0 saturated heterocycles. The fourth-order valence-electron chi connectivity index (χ4n) is 0.938. The van der Waals surface area contributed by atoms with Crippen LogP contribution in [-0.2, 0) is 0 Å². The number of nitrogens with one attached hydrogen (secondary N) is 1. The zero-order chi connectivity index (χ0) is 11.1. The lowest BCUT2D eigenvalue weighted by molar-refractivity contribution is 0.420. The fourth-order valence-corrected chi connectivity index (χ4v) is 1.52. The molecule has 4 nitrogen and oxygen atoms in total. The SMILES string of the molecule is C=CCSCCNc1nc(C(C)C)no1. The Kier molecular flexibility index (Phi) is 5.25. The van der Waals surface area contributed by atoms with Crippen molar-refractivity contribution in [2.75, 3.05) is 23.4 Å². The summed E-state index contributed by atoms with van der Waals surface area (Å²) in [5.74, 6) is 3.03. The van der Waals surface area contributed by atoms with Crippen LogP contribution in [0.5, 0.6) is 0 Å². The highest BCUT2D eigenvalue weighted by atomic mass is 32.2. The van der Waals surface area contributed by atoms with Crippen LogP contribution in [0.15, 0.2) is 17.2 Å². The predicted octanol–water partition coefficient (Wildman–Crippen LogP) is 2.52. The quantitative estimate of drug-likeness (QED) is 0.573. The maximum absolute atomic E-state index is 5.03. The summed E-state index contributed by atoms with van der Waals surface area (Å²) in [5.41, 5.74) is 0. The van der Waals surface area contributed by atoms with E-state index in [-0.39, 0.29) is 0 Å². The van der Waals surface area contributed by atoms with Crippen molar-refractivity contribution in [3.8, 4) is 0 Å². The van der Waals surface area contributed by atoms with Gasteiger partial charge in [-0.2, -0.15) is 16.7 Å². The highest BCUT2D eigenvalue weighted by Crippen LogP contribution is 2.12. The molecule has 0 atom stereocenters. The van der Waals surface area contributed by atoms with Gasteiger partial charge in [-0.25, -0.2) is 0 Å². The van der Waals surface area contributed by atoms with E-state index in [4.69, 9.17) is 4.52 Å². The maximum Gasteiger partial charge on any atom is 0.321 e. The van der Waals surface area contributed by atoms with Gasteiger partial charge in [-0.05, 0) is 0 Å². The molecule has 5 heteroatoms. The zero-order valence-corrected chi connectivity index (χ0v) is 10.0. The molecule has 0 unspecified atom stereocenters. The Bertz CT molecular complexity index is 299. The molecule has 1 heterocycles. The Hall–Kier alpha value is -0.970. The second-order valence-corrected chi connectivity index (χ2v) is 4.55. The van der Waals surface area contributed by atoms with Crippen molar-refractivity contribution < 1.29 is 4.52 Å². The normalized spacial score (nSPS) is 10.6. The molecule has 0 bridgehead atoms. The molecule has 0 aliphatic heterocycles. The van der Waals surface area contributed by atoms with Crippen molar-refractivity contribution in [2.45, 2.75) is 19.8 Å². The summed E-state index contributed by atoms with van der Waals surface area (Å²) in [5, 5.41) is 6.94. The highest BCUT2D eigenvalue weighted by Gasteiger charge is 2.08. The first-order valence-electron chi connectivity index (χ1n) is 5.00. The van der Waals surface area contributed by atoms with Crippen LogP contribution in [-0.4, -0.2) is 28.2 Å². The average Bonchev–Trinajstić information content (AvgIpc) is 2.66. The summed E-state index contributed by atoms with van der Waals surface area (Å²) >= 11 is 1.82. The van der Waals surface area contributed by atoms with Crippen molar-refractivity contribution in [1.29, 1.82) is 0 Å². The number of hydrogen-bond acceptors (Lipinski definition) is 5. The van der Waals surface area contributed by atoms with E-state index >= 15 is 0 Å². The van der Waals surface area contributed by atoms with Gasteiger partial charge in [-0.1, -0.05) is 25.1 Å². The molecular weight excluding hydrogens is 210 g/mol. The fraction of sp³-hybridized carbons (Fsp3) is 0.600. The van der Waals surface area contributed by atoms with Crippen LogP contribution in [0.25, 0.3) is 0 Å². The smallest absolute Gasteiger partial charge is 0.321 e. The third kappa shape index (κ3) is 4.38. The topological polar surface area (TPSA) is 51.0 Å². The van der Waals surface area contributed by atoms with E-state index in [0.717, 1.165) is 23.9 Å². The second kappa shape index (κ2) is 6.50. The first-order chi connectivity index (χ1) is 7.24. The first-order valence-corrected chi connectivity index (χ1v) is 6.15. The maximum atomic E-state index is 5.03. The van der Waals surface area contributed by atoms with Gasteiger partial charge in [0.15, 0.2) is 5.82 Å². The van der Waals surface area contributed by atoms with Crippen LogP contribution < -0.4 is 5.32 Å². The Morgan fingerprint density at radius 2 is 2.40 bits per heavy atom. The minimum absolute atomic E-state index is 0.305. The first kappa shape index (κ1) is 12.1. The molecule has 0 amide bonds. The monoisotopic (exact) mass is 227 g/mol. The molecule has 0 aliphatic rings. The van der Waals surface area contributed by atoms with Crippen LogP contribution in [0, 0.1) is 0 Å². The minimum atomic E-state index is 0.305. The third-order valence-electron chi connectivity index (χ3n) is 1.72. The Labute approximate surface area is 94.5 Å². The molecule has 84 valence electrons. The van der Waals surface area contributed by atoms with Gasteiger partial charge in [0.2, 0.25) is 0 Å². The van der Waals surface area contributed by atoms with Gasteiger partial charge in [0.05, 0.1) is 0 Å². The van der Waals surface area contributed by atoms with Crippen molar-refractivity contribution >= 4 is 17.8 Å². The van der Waals surface area contributed by atoms with E-state index in [9.17, 15) is 0 Å². The summed E-state index contributed by atoms with van der Waals surface area (Å²) < 4.78 is 5.03. The summed E-state index contributed by atoms with van der Waals surface area (Å²) in [6.45, 7) is 8.56. The van der Waals surface area contributed by atoms with Crippen LogP contribution in [0.3, 0.4) is 0 Å². The summed E-state index contributed by atoms with van der Waals surface area (Å²) in [6, 6.07) is 0.512. The molecule has 1 aromatic rings. The molecule has 1 rings (SSSR count). The van der Waals surface area contributed by atoms with Gasteiger partial charge in [0.25, 0.3) is 0 Å². The van der Waals surface area contributed by atoms with E-state index in [1.54, 1.807) is 0 Å². The Balaban J connectivity index is 2.22.